The second kappa shape index (κ2) is 13.3. The topological polar surface area (TPSA) is 64.1 Å². The molecule has 4 aromatic rings. The van der Waals surface area contributed by atoms with Gasteiger partial charge in [-0.05, 0) is 69.0 Å². The quantitative estimate of drug-likeness (QED) is 0.182. The number of hydrogen-bond acceptors (Lipinski definition) is 6. The fraction of sp³-hybridized carbons (Fsp3) is 0.233. The minimum absolute atomic E-state index is 0.165. The Hall–Kier alpha value is -3.17. The van der Waals surface area contributed by atoms with Crippen LogP contribution in [0.2, 0.25) is 5.15 Å². The third-order valence-corrected chi connectivity index (χ3v) is 7.54. The fourth-order valence-corrected chi connectivity index (χ4v) is 4.91. The van der Waals surface area contributed by atoms with Gasteiger partial charge in [0.1, 0.15) is 34.4 Å². The van der Waals surface area contributed by atoms with E-state index in [0.717, 1.165) is 22.6 Å². The SMILES string of the molecule is COc1ccc(CN(Cc2ccc(OC)cc2)c2nc(Cl)c(Br)cc2C(OC)c2cccc(F)c2CO)cc1. The Labute approximate surface area is 241 Å². The molecule has 1 unspecified atom stereocenters. The van der Waals surface area contributed by atoms with Crippen molar-refractivity contribution in [2.45, 2.75) is 25.8 Å². The number of ether oxygens (including phenoxy) is 3. The maximum Gasteiger partial charge on any atom is 0.145 e. The molecule has 0 saturated heterocycles. The van der Waals surface area contributed by atoms with Crippen LogP contribution in [0.1, 0.15) is 33.9 Å². The van der Waals surface area contributed by atoms with E-state index >= 15 is 0 Å². The molecule has 39 heavy (non-hydrogen) atoms. The Morgan fingerprint density at radius 1 is 0.897 bits per heavy atom. The number of aliphatic hydroxyl groups is 1. The molecule has 0 aliphatic heterocycles. The van der Waals surface area contributed by atoms with Crippen molar-refractivity contribution < 1.29 is 23.7 Å². The Bertz CT molecular complexity index is 1350. The van der Waals surface area contributed by atoms with E-state index in [1.54, 1.807) is 33.5 Å². The van der Waals surface area contributed by atoms with Crippen LogP contribution in [0.5, 0.6) is 11.5 Å². The predicted molar refractivity (Wildman–Crippen MR) is 154 cm³/mol. The highest BCUT2D eigenvalue weighted by Gasteiger charge is 2.27. The maximum absolute atomic E-state index is 14.7. The number of aliphatic hydroxyl groups excluding tert-OH is 1. The normalized spacial score (nSPS) is 11.8. The van der Waals surface area contributed by atoms with E-state index in [-0.39, 0.29) is 10.7 Å². The molecule has 0 fully saturated rings. The monoisotopic (exact) mass is 614 g/mol. The standard InChI is InChI=1S/C30H29BrClFN2O4/c1-37-21-11-7-19(8-12-21)16-35(17-20-9-13-22(38-2)14-10-20)30-24(15-26(31)29(32)34-30)28(39-3)23-5-4-6-27(33)25(23)18-36/h4-15,28,36H,16-18H2,1-3H3. The summed E-state index contributed by atoms with van der Waals surface area (Å²) < 4.78 is 31.8. The van der Waals surface area contributed by atoms with E-state index < -0.39 is 18.5 Å². The minimum atomic E-state index is -0.729. The van der Waals surface area contributed by atoms with Gasteiger partial charge < -0.3 is 24.2 Å². The number of anilines is 1. The highest BCUT2D eigenvalue weighted by atomic mass is 79.9. The molecular weight excluding hydrogens is 587 g/mol. The van der Waals surface area contributed by atoms with Gasteiger partial charge in [0.2, 0.25) is 0 Å². The first-order valence-corrected chi connectivity index (χ1v) is 13.3. The van der Waals surface area contributed by atoms with Crippen molar-refractivity contribution in [2.75, 3.05) is 26.2 Å². The van der Waals surface area contributed by atoms with Crippen LogP contribution in [0.25, 0.3) is 0 Å². The average molecular weight is 616 g/mol. The van der Waals surface area contributed by atoms with Crippen LogP contribution in [0.3, 0.4) is 0 Å². The zero-order valence-corrected chi connectivity index (χ0v) is 24.2. The van der Waals surface area contributed by atoms with E-state index in [2.05, 4.69) is 20.8 Å². The molecule has 0 spiro atoms. The molecule has 4 rings (SSSR count). The number of pyridine rings is 1. The van der Waals surface area contributed by atoms with Gasteiger partial charge in [-0.1, -0.05) is 48.0 Å². The van der Waals surface area contributed by atoms with Crippen molar-refractivity contribution in [3.8, 4) is 11.5 Å². The van der Waals surface area contributed by atoms with Crippen molar-refractivity contribution in [1.29, 1.82) is 0 Å². The largest absolute Gasteiger partial charge is 0.497 e. The number of methoxy groups -OCH3 is 3. The van der Waals surface area contributed by atoms with Gasteiger partial charge in [-0.2, -0.15) is 0 Å². The lowest BCUT2D eigenvalue weighted by atomic mass is 9.96. The molecule has 1 heterocycles. The summed E-state index contributed by atoms with van der Waals surface area (Å²) in [5, 5.41) is 10.2. The first-order chi connectivity index (χ1) is 18.9. The van der Waals surface area contributed by atoms with Gasteiger partial charge in [0.25, 0.3) is 0 Å². The van der Waals surface area contributed by atoms with Gasteiger partial charge in [0, 0.05) is 31.3 Å². The smallest absolute Gasteiger partial charge is 0.145 e. The Balaban J connectivity index is 1.85. The van der Waals surface area contributed by atoms with Gasteiger partial charge in [0.05, 0.1) is 25.3 Å². The lowest BCUT2D eigenvalue weighted by Crippen LogP contribution is -2.26. The van der Waals surface area contributed by atoms with E-state index in [1.807, 2.05) is 54.6 Å². The predicted octanol–water partition coefficient (Wildman–Crippen LogP) is 7.09. The summed E-state index contributed by atoms with van der Waals surface area (Å²) in [6, 6.07) is 22.1. The zero-order chi connectivity index (χ0) is 27.9. The minimum Gasteiger partial charge on any atom is -0.497 e. The molecule has 1 aromatic heterocycles. The molecule has 9 heteroatoms. The van der Waals surface area contributed by atoms with Crippen molar-refractivity contribution in [3.05, 3.63) is 116 Å². The van der Waals surface area contributed by atoms with Crippen molar-refractivity contribution in [2.24, 2.45) is 0 Å². The van der Waals surface area contributed by atoms with E-state index in [9.17, 15) is 9.50 Å². The summed E-state index contributed by atoms with van der Waals surface area (Å²) >= 11 is 10.0. The first kappa shape index (κ1) is 28.8. The number of benzene rings is 3. The van der Waals surface area contributed by atoms with Gasteiger partial charge in [-0.15, -0.1) is 0 Å². The lowest BCUT2D eigenvalue weighted by Gasteiger charge is -2.30. The number of rotatable bonds is 11. The maximum atomic E-state index is 14.7. The summed E-state index contributed by atoms with van der Waals surface area (Å²) in [5.41, 5.74) is 3.37. The van der Waals surface area contributed by atoms with Gasteiger partial charge in [0.15, 0.2) is 0 Å². The Kier molecular flexibility index (Phi) is 9.80. The van der Waals surface area contributed by atoms with Gasteiger partial charge >= 0.3 is 0 Å². The van der Waals surface area contributed by atoms with Gasteiger partial charge in [-0.3, -0.25) is 0 Å². The first-order valence-electron chi connectivity index (χ1n) is 12.2. The third-order valence-electron chi connectivity index (χ3n) is 6.42. The second-order valence-electron chi connectivity index (χ2n) is 8.81. The van der Waals surface area contributed by atoms with Crippen LogP contribution < -0.4 is 14.4 Å². The molecule has 6 nitrogen and oxygen atoms in total. The van der Waals surface area contributed by atoms with E-state index in [0.29, 0.717) is 34.5 Å². The highest BCUT2D eigenvalue weighted by molar-refractivity contribution is 9.10. The highest BCUT2D eigenvalue weighted by Crippen LogP contribution is 2.39. The second-order valence-corrected chi connectivity index (χ2v) is 10.0. The van der Waals surface area contributed by atoms with E-state index in [4.69, 9.17) is 30.8 Å². The molecule has 0 saturated carbocycles. The third kappa shape index (κ3) is 6.70. The number of aromatic nitrogens is 1. The Morgan fingerprint density at radius 2 is 1.46 bits per heavy atom. The van der Waals surface area contributed by atoms with Crippen LogP contribution in [-0.4, -0.2) is 31.4 Å². The molecule has 1 atom stereocenters. The van der Waals surface area contributed by atoms with Crippen molar-refractivity contribution in [1.82, 2.24) is 4.98 Å². The summed E-state index contributed by atoms with van der Waals surface area (Å²) in [6.07, 6.45) is -0.729. The Morgan fingerprint density at radius 3 is 1.95 bits per heavy atom. The molecular formula is C30H29BrClFN2O4. The van der Waals surface area contributed by atoms with Crippen LogP contribution >= 0.6 is 27.5 Å². The van der Waals surface area contributed by atoms with Crippen molar-refractivity contribution in [3.63, 3.8) is 0 Å². The number of halogens is 3. The van der Waals surface area contributed by atoms with Crippen LogP contribution in [0.4, 0.5) is 10.2 Å². The summed E-state index contributed by atoms with van der Waals surface area (Å²) in [7, 11) is 4.80. The van der Waals surface area contributed by atoms with Gasteiger partial charge in [-0.25, -0.2) is 9.37 Å². The fourth-order valence-electron chi connectivity index (χ4n) is 4.44. The lowest BCUT2D eigenvalue weighted by molar-refractivity contribution is 0.133. The van der Waals surface area contributed by atoms with Crippen molar-refractivity contribution >= 4 is 33.3 Å². The molecule has 0 aliphatic rings. The van der Waals surface area contributed by atoms with E-state index in [1.165, 1.54) is 6.07 Å². The molecule has 3 aromatic carbocycles. The molecule has 0 radical (unpaired) electrons. The summed E-state index contributed by atoms with van der Waals surface area (Å²) in [6.45, 7) is 0.502. The number of hydrogen-bond donors (Lipinski definition) is 1. The summed E-state index contributed by atoms with van der Waals surface area (Å²) in [4.78, 5) is 6.85. The molecule has 0 amide bonds. The van der Waals surface area contributed by atoms with Crippen LogP contribution in [0.15, 0.2) is 77.3 Å². The average Bonchev–Trinajstić information content (AvgIpc) is 2.95. The molecule has 1 N–H and O–H groups in total. The molecule has 204 valence electrons. The molecule has 0 bridgehead atoms. The van der Waals surface area contributed by atoms with Crippen LogP contribution in [0, 0.1) is 5.82 Å². The zero-order valence-electron chi connectivity index (χ0n) is 21.8. The van der Waals surface area contributed by atoms with Crippen LogP contribution in [-0.2, 0) is 24.4 Å². The summed E-state index contributed by atoms with van der Waals surface area (Å²) in [5.74, 6) is 1.57. The number of nitrogens with zero attached hydrogens (tertiary/aromatic N) is 2. The molecule has 0 aliphatic carbocycles.